The third kappa shape index (κ3) is 3.07. The van der Waals surface area contributed by atoms with Crippen LogP contribution < -0.4 is 5.32 Å². The molecule has 1 amide bonds. The van der Waals surface area contributed by atoms with Crippen LogP contribution in [0.25, 0.3) is 10.1 Å². The number of hydrogen-bond acceptors (Lipinski definition) is 2. The van der Waals surface area contributed by atoms with Gasteiger partial charge in [0.25, 0.3) is 5.91 Å². The number of carbonyl (C=O) groups is 1. The third-order valence-corrected chi connectivity index (χ3v) is 3.82. The second kappa shape index (κ2) is 5.48. The molecule has 1 aromatic carbocycles. The van der Waals surface area contributed by atoms with Crippen molar-refractivity contribution in [3.63, 3.8) is 0 Å². The van der Waals surface area contributed by atoms with Gasteiger partial charge in [-0.25, -0.2) is 4.39 Å². The van der Waals surface area contributed by atoms with Crippen LogP contribution in [0.2, 0.25) is 0 Å². The lowest BCUT2D eigenvalue weighted by molar-refractivity contribution is 0.0956. The van der Waals surface area contributed by atoms with Gasteiger partial charge in [-0.1, -0.05) is 13.8 Å². The van der Waals surface area contributed by atoms with Crippen LogP contribution >= 0.6 is 11.3 Å². The largest absolute Gasteiger partial charge is 0.351 e. The van der Waals surface area contributed by atoms with E-state index in [2.05, 4.69) is 19.2 Å². The van der Waals surface area contributed by atoms with Crippen molar-refractivity contribution in [2.45, 2.75) is 20.3 Å². The molecule has 0 atom stereocenters. The highest BCUT2D eigenvalue weighted by atomic mass is 32.1. The van der Waals surface area contributed by atoms with Gasteiger partial charge in [0.05, 0.1) is 4.88 Å². The highest BCUT2D eigenvalue weighted by Gasteiger charge is 2.10. The lowest BCUT2D eigenvalue weighted by Crippen LogP contribution is -2.24. The Morgan fingerprint density at radius 1 is 1.39 bits per heavy atom. The summed E-state index contributed by atoms with van der Waals surface area (Å²) >= 11 is 1.39. The van der Waals surface area contributed by atoms with Gasteiger partial charge in [-0.15, -0.1) is 11.3 Å². The summed E-state index contributed by atoms with van der Waals surface area (Å²) in [5.41, 5.74) is 0. The van der Waals surface area contributed by atoms with E-state index in [0.717, 1.165) is 16.5 Å². The molecule has 0 aliphatic heterocycles. The van der Waals surface area contributed by atoms with Crippen LogP contribution in [-0.4, -0.2) is 12.5 Å². The maximum atomic E-state index is 13.0. The summed E-state index contributed by atoms with van der Waals surface area (Å²) in [5.74, 6) is 0.228. The van der Waals surface area contributed by atoms with Crippen LogP contribution in [0.4, 0.5) is 4.39 Å². The Morgan fingerprint density at radius 3 is 2.89 bits per heavy atom. The second-order valence-electron chi connectivity index (χ2n) is 4.73. The van der Waals surface area contributed by atoms with Gasteiger partial charge in [0, 0.05) is 11.2 Å². The first-order chi connectivity index (χ1) is 8.56. The van der Waals surface area contributed by atoms with Crippen molar-refractivity contribution >= 4 is 27.3 Å². The van der Waals surface area contributed by atoms with Gasteiger partial charge in [0.1, 0.15) is 5.82 Å². The zero-order valence-corrected chi connectivity index (χ0v) is 11.3. The van der Waals surface area contributed by atoms with E-state index in [1.165, 1.54) is 23.5 Å². The van der Waals surface area contributed by atoms with Gasteiger partial charge in [0.15, 0.2) is 0 Å². The highest BCUT2D eigenvalue weighted by molar-refractivity contribution is 7.20. The molecule has 0 bridgehead atoms. The molecule has 2 nitrogen and oxygen atoms in total. The lowest BCUT2D eigenvalue weighted by atomic mass is 10.1. The number of rotatable bonds is 4. The van der Waals surface area contributed by atoms with E-state index in [4.69, 9.17) is 0 Å². The zero-order valence-electron chi connectivity index (χ0n) is 10.5. The van der Waals surface area contributed by atoms with E-state index in [1.807, 2.05) is 0 Å². The average molecular weight is 265 g/mol. The Hall–Kier alpha value is -1.42. The average Bonchev–Trinajstić information content (AvgIpc) is 2.71. The van der Waals surface area contributed by atoms with Gasteiger partial charge in [-0.2, -0.15) is 0 Å². The number of halogens is 1. The number of hydrogen-bond donors (Lipinski definition) is 1. The zero-order chi connectivity index (χ0) is 13.1. The minimum atomic E-state index is -0.271. The summed E-state index contributed by atoms with van der Waals surface area (Å²) in [6, 6.07) is 6.32. The summed E-state index contributed by atoms with van der Waals surface area (Å²) < 4.78 is 14.0. The molecule has 0 saturated carbocycles. The fourth-order valence-electron chi connectivity index (χ4n) is 1.69. The molecule has 1 aromatic heterocycles. The third-order valence-electron chi connectivity index (χ3n) is 2.71. The van der Waals surface area contributed by atoms with Crippen molar-refractivity contribution in [2.75, 3.05) is 6.54 Å². The number of fused-ring (bicyclic) bond motifs is 1. The molecule has 0 spiro atoms. The fourth-order valence-corrected chi connectivity index (χ4v) is 2.65. The molecule has 1 heterocycles. The van der Waals surface area contributed by atoms with Crippen LogP contribution in [0, 0.1) is 11.7 Å². The first-order valence-electron chi connectivity index (χ1n) is 6.03. The van der Waals surface area contributed by atoms with Gasteiger partial charge in [-0.05, 0) is 42.0 Å². The summed E-state index contributed by atoms with van der Waals surface area (Å²) in [5, 5.41) is 3.67. The highest BCUT2D eigenvalue weighted by Crippen LogP contribution is 2.26. The molecule has 0 saturated heterocycles. The van der Waals surface area contributed by atoms with E-state index < -0.39 is 0 Å². The SMILES string of the molecule is CC(C)CCNC(=O)c1cc2cc(F)ccc2s1. The van der Waals surface area contributed by atoms with Crippen LogP contribution in [0.1, 0.15) is 29.9 Å². The Kier molecular flexibility index (Phi) is 3.97. The van der Waals surface area contributed by atoms with E-state index >= 15 is 0 Å². The van der Waals surface area contributed by atoms with Crippen molar-refractivity contribution in [2.24, 2.45) is 5.92 Å². The summed E-state index contributed by atoms with van der Waals surface area (Å²) in [7, 11) is 0. The molecule has 4 heteroatoms. The monoisotopic (exact) mass is 265 g/mol. The van der Waals surface area contributed by atoms with Gasteiger partial charge < -0.3 is 5.32 Å². The van der Waals surface area contributed by atoms with Crippen LogP contribution in [0.5, 0.6) is 0 Å². The van der Waals surface area contributed by atoms with E-state index in [9.17, 15) is 9.18 Å². The summed E-state index contributed by atoms with van der Waals surface area (Å²) in [4.78, 5) is 12.5. The molecule has 18 heavy (non-hydrogen) atoms. The molecular formula is C14H16FNOS. The molecule has 2 rings (SSSR count). The van der Waals surface area contributed by atoms with E-state index in [1.54, 1.807) is 12.1 Å². The fraction of sp³-hybridized carbons (Fsp3) is 0.357. The normalized spacial score (nSPS) is 11.1. The number of carbonyl (C=O) groups excluding carboxylic acids is 1. The maximum Gasteiger partial charge on any atom is 0.261 e. The van der Waals surface area contributed by atoms with E-state index in [0.29, 0.717) is 17.3 Å². The lowest BCUT2D eigenvalue weighted by Gasteiger charge is -2.05. The molecule has 96 valence electrons. The molecule has 0 unspecified atom stereocenters. The Balaban J connectivity index is 2.08. The number of benzene rings is 1. The van der Waals surface area contributed by atoms with Crippen LogP contribution in [0.15, 0.2) is 24.3 Å². The van der Waals surface area contributed by atoms with Crippen LogP contribution in [-0.2, 0) is 0 Å². The number of nitrogens with one attached hydrogen (secondary N) is 1. The van der Waals surface area contributed by atoms with Crippen molar-refractivity contribution in [1.82, 2.24) is 5.32 Å². The predicted octanol–water partition coefficient (Wildman–Crippen LogP) is 3.82. The Labute approximate surface area is 110 Å². The number of amides is 1. The van der Waals surface area contributed by atoms with Crippen molar-refractivity contribution in [1.29, 1.82) is 0 Å². The van der Waals surface area contributed by atoms with E-state index in [-0.39, 0.29) is 11.7 Å². The molecule has 0 aliphatic carbocycles. The topological polar surface area (TPSA) is 29.1 Å². The predicted molar refractivity (Wildman–Crippen MR) is 73.6 cm³/mol. The van der Waals surface area contributed by atoms with Crippen molar-refractivity contribution in [3.05, 3.63) is 35.0 Å². The maximum absolute atomic E-state index is 13.0. The molecule has 0 radical (unpaired) electrons. The van der Waals surface area contributed by atoms with Crippen molar-refractivity contribution < 1.29 is 9.18 Å². The molecule has 2 aromatic rings. The molecule has 1 N–H and O–H groups in total. The minimum absolute atomic E-state index is 0.0720. The van der Waals surface area contributed by atoms with Crippen molar-refractivity contribution in [3.8, 4) is 0 Å². The quantitative estimate of drug-likeness (QED) is 0.894. The first kappa shape index (κ1) is 13.0. The summed E-state index contributed by atoms with van der Waals surface area (Å²) in [6.45, 7) is 4.92. The van der Waals surface area contributed by atoms with Gasteiger partial charge >= 0.3 is 0 Å². The Bertz CT molecular complexity index is 562. The standard InChI is InChI=1S/C14H16FNOS/c1-9(2)5-6-16-14(17)13-8-10-7-11(15)3-4-12(10)18-13/h3-4,7-9H,5-6H2,1-2H3,(H,16,17). The smallest absolute Gasteiger partial charge is 0.261 e. The van der Waals surface area contributed by atoms with Gasteiger partial charge in [-0.3, -0.25) is 4.79 Å². The molecule has 0 aliphatic rings. The second-order valence-corrected chi connectivity index (χ2v) is 5.81. The molecule has 0 fully saturated rings. The first-order valence-corrected chi connectivity index (χ1v) is 6.85. The van der Waals surface area contributed by atoms with Crippen LogP contribution in [0.3, 0.4) is 0 Å². The summed E-state index contributed by atoms with van der Waals surface area (Å²) in [6.07, 6.45) is 0.964. The Morgan fingerprint density at radius 2 is 2.17 bits per heavy atom. The minimum Gasteiger partial charge on any atom is -0.351 e. The molecular weight excluding hydrogens is 249 g/mol. The van der Waals surface area contributed by atoms with Gasteiger partial charge in [0.2, 0.25) is 0 Å². The number of thiophene rings is 1.